The van der Waals surface area contributed by atoms with Crippen molar-refractivity contribution >= 4 is 22.8 Å². The zero-order valence-corrected chi connectivity index (χ0v) is 19.4. The van der Waals surface area contributed by atoms with Crippen molar-refractivity contribution in [3.8, 4) is 11.4 Å². The van der Waals surface area contributed by atoms with Gasteiger partial charge in [0, 0.05) is 24.3 Å². The van der Waals surface area contributed by atoms with E-state index in [0.717, 1.165) is 18.7 Å². The number of aromatic nitrogens is 4. The number of anilines is 2. The number of ether oxygens (including phenoxy) is 1. The minimum atomic E-state index is -0.930. The number of nitrogens with one attached hydrogen (secondary N) is 1. The Kier molecular flexibility index (Phi) is 4.50. The Hall–Kier alpha value is -3.86. The molecule has 1 amide bonds. The predicted octanol–water partition coefficient (Wildman–Crippen LogP) is 3.75. The van der Waals surface area contributed by atoms with E-state index < -0.39 is 6.17 Å². The van der Waals surface area contributed by atoms with Crippen LogP contribution in [0.4, 0.5) is 20.2 Å². The molecule has 0 unspecified atom stereocenters. The smallest absolute Gasteiger partial charge is 0.259 e. The van der Waals surface area contributed by atoms with E-state index in [-0.39, 0.29) is 28.9 Å². The standard InChI is InChI=1S/C25H22F2N6O3/c1-13-2-3-14(22-30-24(36-31-22)15-5-17(15)26)4-19(13)29-23(34)16-7-28-33-8-18(27)21(6-20(16)33)32-9-25(10-32)11-35-12-25/h2-4,6-8,15,17H,5,9-12H2,1H3,(H,29,34)/t15-,17-/m0/s1. The zero-order valence-electron chi connectivity index (χ0n) is 19.4. The van der Waals surface area contributed by atoms with E-state index in [1.165, 1.54) is 16.9 Å². The lowest BCUT2D eigenvalue weighted by atomic mass is 9.78. The van der Waals surface area contributed by atoms with Crippen LogP contribution in [0.1, 0.15) is 34.2 Å². The maximum Gasteiger partial charge on any atom is 0.259 e. The Morgan fingerprint density at radius 2 is 2.06 bits per heavy atom. The summed E-state index contributed by atoms with van der Waals surface area (Å²) in [6, 6.07) is 7.07. The van der Waals surface area contributed by atoms with Gasteiger partial charge in [-0.15, -0.1) is 0 Å². The highest BCUT2D eigenvalue weighted by Crippen LogP contribution is 2.43. The fraction of sp³-hybridized carbons (Fsp3) is 0.360. The average Bonchev–Trinajstić information content (AvgIpc) is 3.18. The van der Waals surface area contributed by atoms with Crippen molar-refractivity contribution in [3.05, 3.63) is 59.5 Å². The summed E-state index contributed by atoms with van der Waals surface area (Å²) < 4.78 is 40.0. The Balaban J connectivity index is 1.15. The molecule has 3 aliphatic rings. The second-order valence-electron chi connectivity index (χ2n) is 10.0. The molecule has 1 spiro atoms. The Labute approximate surface area is 204 Å². The van der Waals surface area contributed by atoms with Gasteiger partial charge < -0.3 is 19.5 Å². The van der Waals surface area contributed by atoms with Gasteiger partial charge in [-0.05, 0) is 31.0 Å². The topological polar surface area (TPSA) is 97.8 Å². The lowest BCUT2D eigenvalue weighted by Gasteiger charge is -2.56. The summed E-state index contributed by atoms with van der Waals surface area (Å²) >= 11 is 0. The molecule has 11 heteroatoms. The molecule has 1 aromatic carbocycles. The third-order valence-corrected chi connectivity index (χ3v) is 7.26. The van der Waals surface area contributed by atoms with Gasteiger partial charge in [0.15, 0.2) is 5.82 Å². The van der Waals surface area contributed by atoms with Gasteiger partial charge in [-0.1, -0.05) is 17.3 Å². The number of aryl methyl sites for hydroxylation is 1. The fourth-order valence-corrected chi connectivity index (χ4v) is 4.92. The van der Waals surface area contributed by atoms with Crippen LogP contribution < -0.4 is 10.2 Å². The van der Waals surface area contributed by atoms with Gasteiger partial charge in [-0.3, -0.25) is 4.79 Å². The molecule has 9 nitrogen and oxygen atoms in total. The fourth-order valence-electron chi connectivity index (χ4n) is 4.92. The van der Waals surface area contributed by atoms with E-state index in [1.807, 2.05) is 24.0 Å². The van der Waals surface area contributed by atoms with Gasteiger partial charge in [0.25, 0.3) is 5.91 Å². The first-order chi connectivity index (χ1) is 17.4. The molecule has 2 saturated heterocycles. The van der Waals surface area contributed by atoms with Crippen molar-refractivity contribution in [1.82, 2.24) is 19.8 Å². The molecule has 1 saturated carbocycles. The molecule has 5 heterocycles. The molecule has 3 fully saturated rings. The summed E-state index contributed by atoms with van der Waals surface area (Å²) in [5, 5.41) is 11.1. The molecule has 1 aliphatic carbocycles. The SMILES string of the molecule is Cc1ccc(-c2noc([C@H]3C[C@@H]3F)n2)cc1NC(=O)c1cnn2cc(F)c(N3CC4(COC4)C3)cc12. The van der Waals surface area contributed by atoms with Crippen molar-refractivity contribution in [3.63, 3.8) is 0 Å². The monoisotopic (exact) mass is 492 g/mol. The third-order valence-electron chi connectivity index (χ3n) is 7.26. The molecular formula is C25H22F2N6O3. The first-order valence-electron chi connectivity index (χ1n) is 11.8. The van der Waals surface area contributed by atoms with Crippen LogP contribution in [0.3, 0.4) is 0 Å². The largest absolute Gasteiger partial charge is 0.380 e. The van der Waals surface area contributed by atoms with Crippen LogP contribution in [0.2, 0.25) is 0 Å². The second kappa shape index (κ2) is 7.57. The molecule has 2 aliphatic heterocycles. The molecule has 0 bridgehead atoms. The molecule has 2 atom stereocenters. The van der Waals surface area contributed by atoms with Gasteiger partial charge >= 0.3 is 0 Å². The normalized spacial score (nSPS) is 21.9. The Morgan fingerprint density at radius 1 is 1.25 bits per heavy atom. The number of alkyl halides is 1. The number of hydrogen-bond acceptors (Lipinski definition) is 7. The summed E-state index contributed by atoms with van der Waals surface area (Å²) in [5.74, 6) is -0.468. The lowest BCUT2D eigenvalue weighted by molar-refractivity contribution is -0.127. The minimum absolute atomic E-state index is 0.132. The number of pyridine rings is 1. The van der Waals surface area contributed by atoms with Gasteiger partial charge in [0.2, 0.25) is 11.7 Å². The predicted molar refractivity (Wildman–Crippen MR) is 125 cm³/mol. The van der Waals surface area contributed by atoms with Crippen LogP contribution in [-0.2, 0) is 4.74 Å². The van der Waals surface area contributed by atoms with E-state index in [0.29, 0.717) is 53.5 Å². The summed E-state index contributed by atoms with van der Waals surface area (Å²) in [6.45, 7) is 4.73. The number of hydrogen-bond donors (Lipinski definition) is 1. The number of carbonyl (C=O) groups excluding carboxylic acids is 1. The van der Waals surface area contributed by atoms with E-state index in [1.54, 1.807) is 12.1 Å². The number of benzene rings is 1. The first kappa shape index (κ1) is 21.4. The summed E-state index contributed by atoms with van der Waals surface area (Å²) in [4.78, 5) is 19.5. The van der Waals surface area contributed by atoms with Crippen molar-refractivity contribution in [2.45, 2.75) is 25.4 Å². The van der Waals surface area contributed by atoms with Crippen LogP contribution in [0.5, 0.6) is 0 Å². The number of carbonyl (C=O) groups is 1. The Bertz CT molecular complexity index is 1520. The molecule has 36 heavy (non-hydrogen) atoms. The van der Waals surface area contributed by atoms with Crippen molar-refractivity contribution in [2.24, 2.45) is 5.41 Å². The average molecular weight is 492 g/mol. The highest BCUT2D eigenvalue weighted by molar-refractivity contribution is 6.09. The number of amides is 1. The quantitative estimate of drug-likeness (QED) is 0.453. The summed E-state index contributed by atoms with van der Waals surface area (Å²) in [5.41, 5.74) is 3.45. The van der Waals surface area contributed by atoms with Crippen molar-refractivity contribution < 1.29 is 22.8 Å². The van der Waals surface area contributed by atoms with Crippen molar-refractivity contribution in [2.75, 3.05) is 36.5 Å². The number of fused-ring (bicyclic) bond motifs is 1. The molecule has 0 radical (unpaired) electrons. The molecular weight excluding hydrogens is 470 g/mol. The molecule has 184 valence electrons. The Morgan fingerprint density at radius 3 is 2.78 bits per heavy atom. The van der Waals surface area contributed by atoms with Gasteiger partial charge in [0.05, 0.1) is 53.7 Å². The van der Waals surface area contributed by atoms with Gasteiger partial charge in [0.1, 0.15) is 6.17 Å². The zero-order chi connectivity index (χ0) is 24.6. The highest BCUT2D eigenvalue weighted by Gasteiger charge is 2.49. The molecule has 1 N–H and O–H groups in total. The minimum Gasteiger partial charge on any atom is -0.380 e. The van der Waals surface area contributed by atoms with Crippen LogP contribution in [-0.4, -0.2) is 58.1 Å². The van der Waals surface area contributed by atoms with Gasteiger partial charge in [-0.25, -0.2) is 13.3 Å². The van der Waals surface area contributed by atoms with E-state index in [2.05, 4.69) is 20.6 Å². The van der Waals surface area contributed by atoms with Crippen LogP contribution >= 0.6 is 0 Å². The summed E-state index contributed by atoms with van der Waals surface area (Å²) in [7, 11) is 0. The van der Waals surface area contributed by atoms with Gasteiger partial charge in [-0.2, -0.15) is 10.1 Å². The number of rotatable bonds is 5. The van der Waals surface area contributed by atoms with E-state index >= 15 is 0 Å². The molecule has 3 aromatic heterocycles. The lowest BCUT2D eigenvalue weighted by Crippen LogP contribution is -2.66. The highest BCUT2D eigenvalue weighted by atomic mass is 19.1. The first-order valence-corrected chi connectivity index (χ1v) is 11.8. The van der Waals surface area contributed by atoms with Crippen LogP contribution in [0, 0.1) is 18.2 Å². The van der Waals surface area contributed by atoms with E-state index in [9.17, 15) is 13.6 Å². The molecule has 4 aromatic rings. The van der Waals surface area contributed by atoms with Crippen LogP contribution in [0.15, 0.2) is 41.2 Å². The maximum absolute atomic E-state index is 14.8. The van der Waals surface area contributed by atoms with E-state index in [4.69, 9.17) is 9.26 Å². The number of halogens is 2. The second-order valence-corrected chi connectivity index (χ2v) is 10.0. The van der Waals surface area contributed by atoms with Crippen LogP contribution in [0.25, 0.3) is 16.9 Å². The third kappa shape index (κ3) is 3.37. The van der Waals surface area contributed by atoms with Crippen molar-refractivity contribution in [1.29, 1.82) is 0 Å². The maximum atomic E-state index is 14.8. The summed E-state index contributed by atoms with van der Waals surface area (Å²) in [6.07, 6.45) is 2.19. The number of nitrogens with zero attached hydrogens (tertiary/aromatic N) is 5. The molecule has 7 rings (SSSR count).